The maximum Gasteiger partial charge on any atom is 0.203 e. The first-order valence-electron chi connectivity index (χ1n) is 4.33. The first-order valence-corrected chi connectivity index (χ1v) is 5.14. The number of nitrogens with two attached hydrogens (primary N) is 1. The summed E-state index contributed by atoms with van der Waals surface area (Å²) in [6, 6.07) is 6.31. The maximum absolute atomic E-state index is 5.54. The van der Waals surface area contributed by atoms with E-state index in [1.54, 1.807) is 0 Å². The standard InChI is InChI=1S/C10H11N3S/c1-6-3-7(2)5-8(4-6)9-12-13-10(11)14-9/h3-5H,1-2H3,(H2,11,13). The predicted octanol–water partition coefficient (Wildman–Crippen LogP) is 2.40. The van der Waals surface area contributed by atoms with Crippen LogP contribution in [0.3, 0.4) is 0 Å². The molecule has 0 saturated carbocycles. The monoisotopic (exact) mass is 205 g/mol. The van der Waals surface area contributed by atoms with Crippen LogP contribution in [0, 0.1) is 13.8 Å². The summed E-state index contributed by atoms with van der Waals surface area (Å²) in [5.41, 5.74) is 9.09. The Morgan fingerprint density at radius 1 is 1.07 bits per heavy atom. The van der Waals surface area contributed by atoms with Gasteiger partial charge in [0, 0.05) is 5.56 Å². The lowest BCUT2D eigenvalue weighted by Gasteiger charge is -2.00. The van der Waals surface area contributed by atoms with E-state index < -0.39 is 0 Å². The first kappa shape index (κ1) is 9.15. The largest absolute Gasteiger partial charge is 0.374 e. The smallest absolute Gasteiger partial charge is 0.203 e. The average molecular weight is 205 g/mol. The molecule has 0 aliphatic heterocycles. The van der Waals surface area contributed by atoms with Crippen LogP contribution in [0.25, 0.3) is 10.6 Å². The molecule has 2 N–H and O–H groups in total. The molecule has 0 aliphatic rings. The Morgan fingerprint density at radius 3 is 2.21 bits per heavy atom. The third kappa shape index (κ3) is 1.75. The lowest BCUT2D eigenvalue weighted by atomic mass is 10.1. The molecule has 0 radical (unpaired) electrons. The van der Waals surface area contributed by atoms with Gasteiger partial charge in [-0.1, -0.05) is 28.5 Å². The van der Waals surface area contributed by atoms with E-state index in [0.717, 1.165) is 10.6 Å². The van der Waals surface area contributed by atoms with Gasteiger partial charge in [0.1, 0.15) is 5.01 Å². The number of rotatable bonds is 1. The van der Waals surface area contributed by atoms with Gasteiger partial charge in [-0.3, -0.25) is 0 Å². The summed E-state index contributed by atoms with van der Waals surface area (Å²) >= 11 is 1.41. The normalized spacial score (nSPS) is 10.4. The Labute approximate surface area is 86.6 Å². The number of anilines is 1. The second-order valence-corrected chi connectivity index (χ2v) is 4.33. The number of nitrogen functional groups attached to an aromatic ring is 1. The highest BCUT2D eigenvalue weighted by molar-refractivity contribution is 7.18. The molecule has 1 aromatic heterocycles. The third-order valence-corrected chi connectivity index (χ3v) is 2.71. The molecule has 1 aromatic carbocycles. The summed E-state index contributed by atoms with van der Waals surface area (Å²) < 4.78 is 0. The molecule has 0 atom stereocenters. The van der Waals surface area contributed by atoms with Gasteiger partial charge in [0.15, 0.2) is 0 Å². The summed E-state index contributed by atoms with van der Waals surface area (Å²) in [6.07, 6.45) is 0. The minimum Gasteiger partial charge on any atom is -0.374 e. The van der Waals surface area contributed by atoms with Crippen molar-refractivity contribution in [2.24, 2.45) is 0 Å². The summed E-state index contributed by atoms with van der Waals surface area (Å²) in [5, 5.41) is 9.21. The molecule has 2 aromatic rings. The molecule has 4 heteroatoms. The number of hydrogen-bond acceptors (Lipinski definition) is 4. The fourth-order valence-electron chi connectivity index (χ4n) is 1.45. The van der Waals surface area contributed by atoms with Crippen LogP contribution in [0.1, 0.15) is 11.1 Å². The second kappa shape index (κ2) is 3.38. The van der Waals surface area contributed by atoms with Crippen molar-refractivity contribution in [2.75, 3.05) is 5.73 Å². The van der Waals surface area contributed by atoms with Crippen molar-refractivity contribution in [1.29, 1.82) is 0 Å². The molecule has 0 saturated heterocycles. The van der Waals surface area contributed by atoms with Gasteiger partial charge >= 0.3 is 0 Å². The van der Waals surface area contributed by atoms with Gasteiger partial charge < -0.3 is 5.73 Å². The molecule has 0 aliphatic carbocycles. The number of aryl methyl sites for hydroxylation is 2. The molecule has 0 fully saturated rings. The van der Waals surface area contributed by atoms with E-state index in [-0.39, 0.29) is 0 Å². The highest BCUT2D eigenvalue weighted by Crippen LogP contribution is 2.26. The molecule has 72 valence electrons. The van der Waals surface area contributed by atoms with Gasteiger partial charge in [-0.25, -0.2) is 0 Å². The Morgan fingerprint density at radius 2 is 1.71 bits per heavy atom. The first-order chi connectivity index (χ1) is 6.65. The zero-order chi connectivity index (χ0) is 10.1. The molecule has 0 bridgehead atoms. The van der Waals surface area contributed by atoms with Gasteiger partial charge in [-0.15, -0.1) is 10.2 Å². The summed E-state index contributed by atoms with van der Waals surface area (Å²) in [6.45, 7) is 4.14. The number of hydrogen-bond donors (Lipinski definition) is 1. The number of benzene rings is 1. The van der Waals surface area contributed by atoms with Crippen LogP contribution in [-0.4, -0.2) is 10.2 Å². The lowest BCUT2D eigenvalue weighted by Crippen LogP contribution is -1.82. The quantitative estimate of drug-likeness (QED) is 0.777. The van der Waals surface area contributed by atoms with E-state index in [4.69, 9.17) is 5.73 Å². The van der Waals surface area contributed by atoms with Crippen molar-refractivity contribution in [1.82, 2.24) is 10.2 Å². The molecular weight excluding hydrogens is 194 g/mol. The zero-order valence-corrected chi connectivity index (χ0v) is 8.93. The molecule has 0 spiro atoms. The zero-order valence-electron chi connectivity index (χ0n) is 8.11. The van der Waals surface area contributed by atoms with E-state index in [9.17, 15) is 0 Å². The fourth-order valence-corrected chi connectivity index (χ4v) is 2.05. The maximum atomic E-state index is 5.54. The van der Waals surface area contributed by atoms with E-state index in [0.29, 0.717) is 5.13 Å². The predicted molar refractivity (Wildman–Crippen MR) is 59.2 cm³/mol. The molecule has 0 amide bonds. The van der Waals surface area contributed by atoms with Gasteiger partial charge in [-0.05, 0) is 26.0 Å². The van der Waals surface area contributed by atoms with Crippen LogP contribution in [0.2, 0.25) is 0 Å². The molecule has 0 unspecified atom stereocenters. The van der Waals surface area contributed by atoms with Crippen molar-refractivity contribution < 1.29 is 0 Å². The van der Waals surface area contributed by atoms with Crippen LogP contribution >= 0.6 is 11.3 Å². The van der Waals surface area contributed by atoms with Gasteiger partial charge in [0.25, 0.3) is 0 Å². The highest BCUT2D eigenvalue weighted by Gasteiger charge is 2.04. The fraction of sp³-hybridized carbons (Fsp3) is 0.200. The van der Waals surface area contributed by atoms with Gasteiger partial charge in [0.2, 0.25) is 5.13 Å². The molecule has 14 heavy (non-hydrogen) atoms. The molecule has 3 nitrogen and oxygen atoms in total. The number of aromatic nitrogens is 2. The van der Waals surface area contributed by atoms with E-state index in [2.05, 4.69) is 42.2 Å². The van der Waals surface area contributed by atoms with E-state index in [1.165, 1.54) is 22.5 Å². The minimum atomic E-state index is 0.513. The van der Waals surface area contributed by atoms with Crippen molar-refractivity contribution >= 4 is 16.5 Å². The minimum absolute atomic E-state index is 0.513. The van der Waals surface area contributed by atoms with Gasteiger partial charge in [0.05, 0.1) is 0 Å². The molecule has 1 heterocycles. The Balaban J connectivity index is 2.51. The van der Waals surface area contributed by atoms with Crippen molar-refractivity contribution in [3.8, 4) is 10.6 Å². The van der Waals surface area contributed by atoms with Crippen LogP contribution in [0.15, 0.2) is 18.2 Å². The SMILES string of the molecule is Cc1cc(C)cc(-c2nnc(N)s2)c1. The highest BCUT2D eigenvalue weighted by atomic mass is 32.1. The summed E-state index contributed by atoms with van der Waals surface area (Å²) in [4.78, 5) is 0. The van der Waals surface area contributed by atoms with Crippen molar-refractivity contribution in [2.45, 2.75) is 13.8 Å². The van der Waals surface area contributed by atoms with E-state index >= 15 is 0 Å². The Kier molecular flexibility index (Phi) is 2.21. The van der Waals surface area contributed by atoms with Crippen LogP contribution in [0.5, 0.6) is 0 Å². The van der Waals surface area contributed by atoms with Crippen LogP contribution < -0.4 is 5.73 Å². The topological polar surface area (TPSA) is 51.8 Å². The van der Waals surface area contributed by atoms with Crippen molar-refractivity contribution in [3.05, 3.63) is 29.3 Å². The lowest BCUT2D eigenvalue weighted by molar-refractivity contribution is 1.10. The van der Waals surface area contributed by atoms with Crippen LogP contribution in [-0.2, 0) is 0 Å². The summed E-state index contributed by atoms with van der Waals surface area (Å²) in [5.74, 6) is 0. The molecule has 2 rings (SSSR count). The van der Waals surface area contributed by atoms with Crippen LogP contribution in [0.4, 0.5) is 5.13 Å². The summed E-state index contributed by atoms with van der Waals surface area (Å²) in [7, 11) is 0. The number of nitrogens with zero attached hydrogens (tertiary/aromatic N) is 2. The van der Waals surface area contributed by atoms with E-state index in [1.807, 2.05) is 0 Å². The second-order valence-electron chi connectivity index (χ2n) is 3.32. The molecular formula is C10H11N3S. The Hall–Kier alpha value is -1.42. The van der Waals surface area contributed by atoms with Crippen molar-refractivity contribution in [3.63, 3.8) is 0 Å². The third-order valence-electron chi connectivity index (χ3n) is 1.91. The van der Waals surface area contributed by atoms with Gasteiger partial charge in [-0.2, -0.15) is 0 Å². The Bertz CT molecular complexity index is 442. The average Bonchev–Trinajstić information content (AvgIpc) is 2.50.